The predicted octanol–water partition coefficient (Wildman–Crippen LogP) is 3.85. The Hall–Kier alpha value is -2.09. The molecule has 0 amide bonds. The van der Waals surface area contributed by atoms with Crippen LogP contribution in [0.25, 0.3) is 0 Å². The highest BCUT2D eigenvalue weighted by Gasteiger charge is 2.16. The van der Waals surface area contributed by atoms with E-state index in [2.05, 4.69) is 0 Å². The molecule has 0 heterocycles. The molecular formula is C17H18O2. The zero-order valence-corrected chi connectivity index (χ0v) is 11.8. The molecule has 2 heteroatoms. The molecule has 2 aromatic rings. The second-order valence-electron chi connectivity index (χ2n) is 4.78. The highest BCUT2D eigenvalue weighted by Crippen LogP contribution is 2.26. The number of carbonyl (C=O) groups is 1. The molecule has 2 nitrogen and oxygen atoms in total. The van der Waals surface area contributed by atoms with E-state index in [1.165, 1.54) is 0 Å². The number of carbonyl (C=O) groups excluding carboxylic acids is 1. The zero-order valence-electron chi connectivity index (χ0n) is 11.8. The van der Waals surface area contributed by atoms with E-state index in [1.54, 1.807) is 7.11 Å². The number of ether oxygens (including phenoxy) is 1. The lowest BCUT2D eigenvalue weighted by molar-refractivity contribution is 0.103. The Kier molecular flexibility index (Phi) is 3.70. The molecule has 0 saturated carbocycles. The highest BCUT2D eigenvalue weighted by atomic mass is 16.5. The van der Waals surface area contributed by atoms with Crippen molar-refractivity contribution >= 4 is 5.78 Å². The summed E-state index contributed by atoms with van der Waals surface area (Å²) in [6.07, 6.45) is 0. The third kappa shape index (κ3) is 2.53. The fourth-order valence-corrected chi connectivity index (χ4v) is 2.25. The summed E-state index contributed by atoms with van der Waals surface area (Å²) in [6, 6.07) is 11.5. The van der Waals surface area contributed by atoms with Crippen molar-refractivity contribution in [3.8, 4) is 5.75 Å². The van der Waals surface area contributed by atoms with E-state index >= 15 is 0 Å². The second kappa shape index (κ2) is 5.27. The van der Waals surface area contributed by atoms with Gasteiger partial charge in [0, 0.05) is 16.7 Å². The Labute approximate surface area is 114 Å². The Morgan fingerprint density at radius 1 is 0.947 bits per heavy atom. The summed E-state index contributed by atoms with van der Waals surface area (Å²) in [4.78, 5) is 12.6. The number of ketones is 1. The standard InChI is InChI=1S/C17H18O2/c1-11-5-8-14(9-6-11)17(18)16-12(2)7-10-15(19-4)13(16)3/h5-10H,1-4H3. The number of hydrogen-bond donors (Lipinski definition) is 0. The number of rotatable bonds is 3. The summed E-state index contributed by atoms with van der Waals surface area (Å²) in [5, 5.41) is 0. The number of aryl methyl sites for hydroxylation is 2. The van der Waals surface area contributed by atoms with Gasteiger partial charge >= 0.3 is 0 Å². The monoisotopic (exact) mass is 254 g/mol. The van der Waals surface area contributed by atoms with E-state index in [9.17, 15) is 4.79 Å². The van der Waals surface area contributed by atoms with Gasteiger partial charge in [-0.15, -0.1) is 0 Å². The predicted molar refractivity (Wildman–Crippen MR) is 77.1 cm³/mol. The summed E-state index contributed by atoms with van der Waals surface area (Å²) >= 11 is 0. The molecule has 0 N–H and O–H groups in total. The molecule has 2 aromatic carbocycles. The van der Waals surface area contributed by atoms with Crippen LogP contribution in [0.5, 0.6) is 5.75 Å². The summed E-state index contributed by atoms with van der Waals surface area (Å²) in [6.45, 7) is 5.89. The van der Waals surface area contributed by atoms with E-state index in [1.807, 2.05) is 57.2 Å². The van der Waals surface area contributed by atoms with Crippen LogP contribution >= 0.6 is 0 Å². The SMILES string of the molecule is COc1ccc(C)c(C(=O)c2ccc(C)cc2)c1C. The van der Waals surface area contributed by atoms with Crippen molar-refractivity contribution in [2.24, 2.45) is 0 Å². The van der Waals surface area contributed by atoms with E-state index in [-0.39, 0.29) is 5.78 Å². The van der Waals surface area contributed by atoms with Crippen LogP contribution in [0.4, 0.5) is 0 Å². The van der Waals surface area contributed by atoms with Gasteiger partial charge < -0.3 is 4.74 Å². The number of methoxy groups -OCH3 is 1. The summed E-state index contributed by atoms with van der Waals surface area (Å²) in [5.74, 6) is 0.801. The van der Waals surface area contributed by atoms with Crippen molar-refractivity contribution in [1.29, 1.82) is 0 Å². The Balaban J connectivity index is 2.52. The minimum absolute atomic E-state index is 0.0499. The van der Waals surface area contributed by atoms with Gasteiger partial charge in [0.2, 0.25) is 0 Å². The Morgan fingerprint density at radius 3 is 2.16 bits per heavy atom. The van der Waals surface area contributed by atoms with Crippen LogP contribution in [0.1, 0.15) is 32.6 Å². The molecule has 0 unspecified atom stereocenters. The first-order valence-electron chi connectivity index (χ1n) is 6.30. The maximum atomic E-state index is 12.6. The quantitative estimate of drug-likeness (QED) is 0.778. The minimum Gasteiger partial charge on any atom is -0.496 e. The molecule has 0 atom stereocenters. The van der Waals surface area contributed by atoms with Crippen LogP contribution in [0.3, 0.4) is 0 Å². The second-order valence-corrected chi connectivity index (χ2v) is 4.78. The molecule has 0 bridgehead atoms. The van der Waals surface area contributed by atoms with Crippen molar-refractivity contribution in [3.05, 3.63) is 64.2 Å². The van der Waals surface area contributed by atoms with Crippen LogP contribution < -0.4 is 4.74 Å². The first-order chi connectivity index (χ1) is 9.04. The fraction of sp³-hybridized carbons (Fsp3) is 0.235. The number of benzene rings is 2. The topological polar surface area (TPSA) is 26.3 Å². The highest BCUT2D eigenvalue weighted by molar-refractivity contribution is 6.11. The third-order valence-corrected chi connectivity index (χ3v) is 3.38. The lowest BCUT2D eigenvalue weighted by Gasteiger charge is -2.12. The van der Waals surface area contributed by atoms with Crippen molar-refractivity contribution in [3.63, 3.8) is 0 Å². The summed E-state index contributed by atoms with van der Waals surface area (Å²) in [5.41, 5.74) is 4.47. The Morgan fingerprint density at radius 2 is 1.58 bits per heavy atom. The van der Waals surface area contributed by atoms with Crippen LogP contribution in [0.15, 0.2) is 36.4 Å². The molecule has 19 heavy (non-hydrogen) atoms. The van der Waals surface area contributed by atoms with Crippen molar-refractivity contribution in [2.75, 3.05) is 7.11 Å². The van der Waals surface area contributed by atoms with Gasteiger partial charge in [-0.05, 0) is 32.4 Å². The average molecular weight is 254 g/mol. The normalized spacial score (nSPS) is 10.3. The van der Waals surface area contributed by atoms with Crippen molar-refractivity contribution < 1.29 is 9.53 Å². The van der Waals surface area contributed by atoms with E-state index in [0.29, 0.717) is 5.56 Å². The molecule has 0 radical (unpaired) electrons. The Bertz CT molecular complexity index is 610. The van der Waals surface area contributed by atoms with Crippen molar-refractivity contribution in [1.82, 2.24) is 0 Å². The lowest BCUT2D eigenvalue weighted by Crippen LogP contribution is -2.07. The molecule has 0 aliphatic heterocycles. The third-order valence-electron chi connectivity index (χ3n) is 3.38. The smallest absolute Gasteiger partial charge is 0.193 e. The summed E-state index contributed by atoms with van der Waals surface area (Å²) in [7, 11) is 1.62. The molecule has 0 aliphatic rings. The van der Waals surface area contributed by atoms with Crippen molar-refractivity contribution in [2.45, 2.75) is 20.8 Å². The molecule has 98 valence electrons. The van der Waals surface area contributed by atoms with Gasteiger partial charge in [0.15, 0.2) is 5.78 Å². The van der Waals surface area contributed by atoms with Gasteiger partial charge in [-0.3, -0.25) is 4.79 Å². The molecule has 0 aliphatic carbocycles. The van der Waals surface area contributed by atoms with Crippen LogP contribution in [0.2, 0.25) is 0 Å². The van der Waals surface area contributed by atoms with Gasteiger partial charge in [-0.1, -0.05) is 35.9 Å². The molecule has 0 saturated heterocycles. The number of hydrogen-bond acceptors (Lipinski definition) is 2. The molecule has 2 rings (SSSR count). The van der Waals surface area contributed by atoms with E-state index in [4.69, 9.17) is 4.74 Å². The van der Waals surface area contributed by atoms with E-state index < -0.39 is 0 Å². The van der Waals surface area contributed by atoms with Gasteiger partial charge in [-0.2, -0.15) is 0 Å². The molecule has 0 spiro atoms. The average Bonchev–Trinajstić information content (AvgIpc) is 2.39. The lowest BCUT2D eigenvalue weighted by atomic mass is 9.94. The molecule has 0 aromatic heterocycles. The van der Waals surface area contributed by atoms with Gasteiger partial charge in [0.05, 0.1) is 7.11 Å². The van der Waals surface area contributed by atoms with Gasteiger partial charge in [-0.25, -0.2) is 0 Å². The zero-order chi connectivity index (χ0) is 14.0. The van der Waals surface area contributed by atoms with Crippen LogP contribution in [-0.4, -0.2) is 12.9 Å². The fourth-order valence-electron chi connectivity index (χ4n) is 2.25. The van der Waals surface area contributed by atoms with E-state index in [0.717, 1.165) is 28.0 Å². The molecule has 0 fully saturated rings. The minimum atomic E-state index is 0.0499. The van der Waals surface area contributed by atoms with Gasteiger partial charge in [0.1, 0.15) is 5.75 Å². The first-order valence-corrected chi connectivity index (χ1v) is 6.30. The van der Waals surface area contributed by atoms with Crippen LogP contribution in [-0.2, 0) is 0 Å². The molecular weight excluding hydrogens is 236 g/mol. The van der Waals surface area contributed by atoms with Crippen LogP contribution in [0, 0.1) is 20.8 Å². The maximum Gasteiger partial charge on any atom is 0.193 e. The largest absolute Gasteiger partial charge is 0.496 e. The summed E-state index contributed by atoms with van der Waals surface area (Å²) < 4.78 is 5.29. The van der Waals surface area contributed by atoms with Gasteiger partial charge in [0.25, 0.3) is 0 Å². The first kappa shape index (κ1) is 13.3. The maximum absolute atomic E-state index is 12.6.